The van der Waals surface area contributed by atoms with Crippen LogP contribution in [0.15, 0.2) is 54.6 Å². The molecule has 3 aromatic carbocycles. The Morgan fingerprint density at radius 2 is 1.49 bits per heavy atom. The Hall–Kier alpha value is -4.01. The average Bonchev–Trinajstić information content (AvgIpc) is 3.07. The van der Waals surface area contributed by atoms with E-state index in [1.807, 2.05) is 19.1 Å². The first-order valence-corrected chi connectivity index (χ1v) is 16.2. The van der Waals surface area contributed by atoms with E-state index in [1.165, 1.54) is 24.3 Å². The molecule has 0 spiro atoms. The molecule has 47 heavy (non-hydrogen) atoms. The highest BCUT2D eigenvalue weighted by Gasteiger charge is 2.31. The summed E-state index contributed by atoms with van der Waals surface area (Å²) in [6.07, 6.45) is 8.52. The number of allylic oxidation sites excluding steroid dienone is 4. The standard InChI is InChI=1S/C38H38F6O3/c1-3-5-6-7-25-14-17-27(33(40)32(25)39)24-12-15-26(16-13-24)47-38(45)30-19-18-28(34(41)36(30)43)22-8-10-23(11-9-22)29-20-21-31(46-4-2)37(44)35(29)42/h3,5,10,14,17-22,24,26H,4,6-9,11-13,15-16H2,1-2H3. The number of rotatable bonds is 10. The van der Waals surface area contributed by atoms with Crippen LogP contribution in [0.5, 0.6) is 5.75 Å². The average molecular weight is 657 g/mol. The van der Waals surface area contributed by atoms with E-state index in [1.54, 1.807) is 25.1 Å². The second-order valence-electron chi connectivity index (χ2n) is 12.1. The van der Waals surface area contributed by atoms with E-state index < -0.39 is 58.5 Å². The van der Waals surface area contributed by atoms with Crippen molar-refractivity contribution in [1.82, 2.24) is 0 Å². The lowest BCUT2D eigenvalue weighted by atomic mass is 9.81. The molecule has 3 nitrogen and oxygen atoms in total. The summed E-state index contributed by atoms with van der Waals surface area (Å²) in [6, 6.07) is 8.64. The van der Waals surface area contributed by atoms with E-state index in [4.69, 9.17) is 9.47 Å². The Kier molecular flexibility index (Phi) is 11.1. The van der Waals surface area contributed by atoms with Crippen molar-refractivity contribution in [3.8, 4) is 5.75 Å². The highest BCUT2D eigenvalue weighted by Crippen LogP contribution is 2.40. The van der Waals surface area contributed by atoms with Crippen molar-refractivity contribution >= 4 is 11.5 Å². The van der Waals surface area contributed by atoms with Crippen molar-refractivity contribution in [2.24, 2.45) is 0 Å². The maximum absolute atomic E-state index is 15.3. The monoisotopic (exact) mass is 656 g/mol. The number of esters is 1. The van der Waals surface area contributed by atoms with E-state index in [0.717, 1.165) is 0 Å². The van der Waals surface area contributed by atoms with E-state index in [-0.39, 0.29) is 35.8 Å². The molecule has 9 heteroatoms. The van der Waals surface area contributed by atoms with Crippen molar-refractivity contribution in [2.45, 2.75) is 89.6 Å². The van der Waals surface area contributed by atoms with E-state index in [2.05, 4.69) is 0 Å². The molecule has 0 N–H and O–H groups in total. The largest absolute Gasteiger partial charge is 0.491 e. The lowest BCUT2D eigenvalue weighted by Crippen LogP contribution is -2.25. The Morgan fingerprint density at radius 1 is 0.787 bits per heavy atom. The second-order valence-corrected chi connectivity index (χ2v) is 12.1. The van der Waals surface area contributed by atoms with E-state index in [0.29, 0.717) is 68.1 Å². The molecule has 0 bridgehead atoms. The summed E-state index contributed by atoms with van der Waals surface area (Å²) in [7, 11) is 0. The lowest BCUT2D eigenvalue weighted by molar-refractivity contribution is 0.0188. The molecule has 0 aliphatic heterocycles. The fraction of sp³-hybridized carbons (Fsp3) is 0.395. The minimum atomic E-state index is -1.30. The van der Waals surface area contributed by atoms with Gasteiger partial charge in [-0.15, -0.1) is 0 Å². The van der Waals surface area contributed by atoms with Crippen molar-refractivity contribution in [3.63, 3.8) is 0 Å². The molecule has 3 aromatic rings. The topological polar surface area (TPSA) is 35.5 Å². The number of benzene rings is 3. The van der Waals surface area contributed by atoms with Crippen molar-refractivity contribution in [1.29, 1.82) is 0 Å². The first-order chi connectivity index (χ1) is 22.6. The van der Waals surface area contributed by atoms with Gasteiger partial charge in [-0.05, 0) is 124 Å². The number of hydrogen-bond acceptors (Lipinski definition) is 3. The molecule has 0 heterocycles. The van der Waals surface area contributed by atoms with E-state index in [9.17, 15) is 22.4 Å². The zero-order valence-electron chi connectivity index (χ0n) is 26.5. The Labute approximate surface area is 271 Å². The number of halogens is 6. The molecule has 2 aliphatic rings. The van der Waals surface area contributed by atoms with Gasteiger partial charge in [0.25, 0.3) is 0 Å². The number of hydrogen-bond donors (Lipinski definition) is 0. The van der Waals surface area contributed by atoms with Crippen molar-refractivity contribution in [2.75, 3.05) is 6.61 Å². The third kappa shape index (κ3) is 7.44. The predicted octanol–water partition coefficient (Wildman–Crippen LogP) is 10.7. The summed E-state index contributed by atoms with van der Waals surface area (Å²) in [5.74, 6) is -8.02. The molecule has 5 rings (SSSR count). The van der Waals surface area contributed by atoms with E-state index >= 15 is 8.78 Å². The quantitative estimate of drug-likeness (QED) is 0.124. The van der Waals surface area contributed by atoms with Gasteiger partial charge in [-0.25, -0.2) is 26.7 Å². The van der Waals surface area contributed by atoms with Crippen LogP contribution in [0.3, 0.4) is 0 Å². The minimum Gasteiger partial charge on any atom is -0.491 e. The van der Waals surface area contributed by atoms with Gasteiger partial charge in [-0.3, -0.25) is 0 Å². The van der Waals surface area contributed by atoms with Gasteiger partial charge in [-0.2, -0.15) is 4.39 Å². The zero-order valence-corrected chi connectivity index (χ0v) is 26.5. The summed E-state index contributed by atoms with van der Waals surface area (Å²) in [4.78, 5) is 12.9. The molecule has 1 fully saturated rings. The van der Waals surface area contributed by atoms with Crippen LogP contribution in [0.25, 0.3) is 5.57 Å². The van der Waals surface area contributed by atoms with Crippen LogP contribution in [-0.4, -0.2) is 18.7 Å². The van der Waals surface area contributed by atoms with Gasteiger partial charge in [0, 0.05) is 5.56 Å². The van der Waals surface area contributed by atoms with Gasteiger partial charge < -0.3 is 9.47 Å². The molecule has 0 aromatic heterocycles. The molecule has 0 amide bonds. The van der Waals surface area contributed by atoms with Gasteiger partial charge in [0.15, 0.2) is 34.8 Å². The van der Waals surface area contributed by atoms with Crippen LogP contribution in [0.1, 0.15) is 110 Å². The first-order valence-electron chi connectivity index (χ1n) is 16.2. The summed E-state index contributed by atoms with van der Waals surface area (Å²) in [5.41, 5.74) is 0.875. The van der Waals surface area contributed by atoms with Crippen LogP contribution in [0, 0.1) is 34.9 Å². The van der Waals surface area contributed by atoms with Gasteiger partial charge >= 0.3 is 5.97 Å². The van der Waals surface area contributed by atoms with Crippen LogP contribution >= 0.6 is 0 Å². The highest BCUT2D eigenvalue weighted by atomic mass is 19.2. The van der Waals surface area contributed by atoms with Crippen molar-refractivity contribution in [3.05, 3.63) is 117 Å². The summed E-state index contributed by atoms with van der Waals surface area (Å²) in [5, 5.41) is 0. The molecular weight excluding hydrogens is 618 g/mol. The highest BCUT2D eigenvalue weighted by molar-refractivity contribution is 5.90. The van der Waals surface area contributed by atoms with Crippen LogP contribution in [0.4, 0.5) is 26.3 Å². The number of aryl methyl sites for hydroxylation is 1. The fourth-order valence-corrected chi connectivity index (χ4v) is 6.67. The maximum atomic E-state index is 15.3. The number of carbonyl (C=O) groups is 1. The summed E-state index contributed by atoms with van der Waals surface area (Å²) < 4.78 is 99.7. The number of carbonyl (C=O) groups excluding carboxylic acids is 1. The SMILES string of the molecule is CC=CCCc1ccc(C2CCC(OC(=O)c3ccc(C4CC=C(c5ccc(OCC)c(F)c5F)CC4)c(F)c3F)CC2)c(F)c1F. The lowest BCUT2D eigenvalue weighted by Gasteiger charge is -2.29. The Bertz CT molecular complexity index is 1670. The minimum absolute atomic E-state index is 0.0929. The van der Waals surface area contributed by atoms with Crippen LogP contribution < -0.4 is 4.74 Å². The molecule has 1 atom stereocenters. The molecule has 1 saturated carbocycles. The number of ether oxygens (including phenoxy) is 2. The van der Waals surface area contributed by atoms with Crippen molar-refractivity contribution < 1.29 is 40.6 Å². The second kappa shape index (κ2) is 15.3. The molecule has 250 valence electrons. The summed E-state index contributed by atoms with van der Waals surface area (Å²) >= 11 is 0. The van der Waals surface area contributed by atoms with Gasteiger partial charge in [-0.1, -0.05) is 36.4 Å². The maximum Gasteiger partial charge on any atom is 0.341 e. The molecule has 0 saturated heterocycles. The third-order valence-corrected chi connectivity index (χ3v) is 9.27. The predicted molar refractivity (Wildman–Crippen MR) is 168 cm³/mol. The molecule has 2 aliphatic carbocycles. The van der Waals surface area contributed by atoms with Crippen LogP contribution in [-0.2, 0) is 11.2 Å². The van der Waals surface area contributed by atoms with Gasteiger partial charge in [0.05, 0.1) is 12.2 Å². The molecule has 0 radical (unpaired) electrons. The fourth-order valence-electron chi connectivity index (χ4n) is 6.67. The molecular formula is C38H38F6O3. The first kappa shape index (κ1) is 34.3. The summed E-state index contributed by atoms with van der Waals surface area (Å²) in [6.45, 7) is 3.73. The van der Waals surface area contributed by atoms with Gasteiger partial charge in [0.2, 0.25) is 5.82 Å². The third-order valence-electron chi connectivity index (χ3n) is 9.27. The molecule has 1 unspecified atom stereocenters. The van der Waals surface area contributed by atoms with Gasteiger partial charge in [0.1, 0.15) is 6.10 Å². The normalized spacial score (nSPS) is 19.9. The smallest absolute Gasteiger partial charge is 0.341 e. The Balaban J connectivity index is 1.19. The zero-order chi connectivity index (χ0) is 33.7. The Morgan fingerprint density at radius 3 is 2.17 bits per heavy atom. The van der Waals surface area contributed by atoms with Crippen LogP contribution in [0.2, 0.25) is 0 Å².